The molecule has 4 rings (SSSR count). The molecule has 2 N–H and O–H groups in total. The highest BCUT2D eigenvalue weighted by atomic mass is 32.1. The fourth-order valence-corrected chi connectivity index (χ4v) is 4.57. The second-order valence-corrected chi connectivity index (χ2v) is 7.65. The SMILES string of the molecule is O=C[C@H]1NCCC1C(=O)[C@H]1NCC(=S)C1C(=O)C1=Cc2ccccc2C1. The van der Waals surface area contributed by atoms with Gasteiger partial charge in [0.25, 0.3) is 0 Å². The fourth-order valence-electron chi connectivity index (χ4n) is 4.24. The van der Waals surface area contributed by atoms with Gasteiger partial charge in [-0.15, -0.1) is 0 Å². The molecule has 1 aliphatic carbocycles. The van der Waals surface area contributed by atoms with Crippen LogP contribution in [0.15, 0.2) is 29.8 Å². The Morgan fingerprint density at radius 3 is 2.77 bits per heavy atom. The van der Waals surface area contributed by atoms with E-state index < -0.39 is 23.9 Å². The Kier molecular flexibility index (Phi) is 4.65. The first kappa shape index (κ1) is 17.4. The van der Waals surface area contributed by atoms with Crippen molar-refractivity contribution in [3.63, 3.8) is 0 Å². The molecule has 0 spiro atoms. The van der Waals surface area contributed by atoms with Crippen molar-refractivity contribution >= 4 is 41.0 Å². The van der Waals surface area contributed by atoms with Crippen LogP contribution in [0.5, 0.6) is 0 Å². The predicted molar refractivity (Wildman–Crippen MR) is 102 cm³/mol. The van der Waals surface area contributed by atoms with Crippen molar-refractivity contribution in [1.29, 1.82) is 0 Å². The molecule has 1 aromatic carbocycles. The number of thiocarbonyl (C=S) groups is 1. The van der Waals surface area contributed by atoms with E-state index in [1.807, 2.05) is 30.3 Å². The maximum atomic E-state index is 13.2. The normalized spacial score (nSPS) is 30.2. The van der Waals surface area contributed by atoms with E-state index in [2.05, 4.69) is 10.6 Å². The molecule has 5 nitrogen and oxygen atoms in total. The van der Waals surface area contributed by atoms with Gasteiger partial charge < -0.3 is 15.4 Å². The lowest BCUT2D eigenvalue weighted by molar-refractivity contribution is -0.129. The number of rotatable bonds is 5. The van der Waals surface area contributed by atoms with E-state index in [1.54, 1.807) is 0 Å². The summed E-state index contributed by atoms with van der Waals surface area (Å²) in [7, 11) is 0. The molecule has 2 fully saturated rings. The Morgan fingerprint density at radius 1 is 1.19 bits per heavy atom. The van der Waals surface area contributed by atoms with E-state index in [1.165, 1.54) is 0 Å². The quantitative estimate of drug-likeness (QED) is 0.594. The zero-order valence-corrected chi connectivity index (χ0v) is 15.1. The van der Waals surface area contributed by atoms with Gasteiger partial charge >= 0.3 is 0 Å². The number of allylic oxidation sites excluding steroid dienone is 1. The third-order valence-electron chi connectivity index (χ3n) is 5.63. The zero-order chi connectivity index (χ0) is 18.3. The van der Waals surface area contributed by atoms with Crippen LogP contribution in [0.2, 0.25) is 0 Å². The molecular formula is C20H20N2O3S. The highest BCUT2D eigenvalue weighted by Gasteiger charge is 2.46. The minimum absolute atomic E-state index is 0.0665. The van der Waals surface area contributed by atoms with Crippen molar-refractivity contribution < 1.29 is 14.4 Å². The Bertz CT molecular complexity index is 832. The Balaban J connectivity index is 1.56. The topological polar surface area (TPSA) is 75.3 Å². The van der Waals surface area contributed by atoms with Crippen molar-refractivity contribution in [2.75, 3.05) is 13.1 Å². The van der Waals surface area contributed by atoms with Gasteiger partial charge in [-0.25, -0.2) is 0 Å². The number of ketones is 2. The van der Waals surface area contributed by atoms with Crippen LogP contribution in [0.1, 0.15) is 17.5 Å². The van der Waals surface area contributed by atoms with Crippen molar-refractivity contribution in [3.05, 3.63) is 41.0 Å². The first-order valence-electron chi connectivity index (χ1n) is 8.91. The number of benzene rings is 1. The predicted octanol–water partition coefficient (Wildman–Crippen LogP) is 0.899. The average molecular weight is 368 g/mol. The van der Waals surface area contributed by atoms with Gasteiger partial charge in [0.05, 0.1) is 18.0 Å². The van der Waals surface area contributed by atoms with Crippen LogP contribution in [0, 0.1) is 11.8 Å². The summed E-state index contributed by atoms with van der Waals surface area (Å²) in [6, 6.07) is 6.81. The molecule has 134 valence electrons. The van der Waals surface area contributed by atoms with Crippen molar-refractivity contribution in [2.45, 2.75) is 24.9 Å². The molecular weight excluding hydrogens is 348 g/mol. The summed E-state index contributed by atoms with van der Waals surface area (Å²) < 4.78 is 0. The summed E-state index contributed by atoms with van der Waals surface area (Å²) in [4.78, 5) is 38.0. The number of aldehydes is 1. The number of carbonyl (C=O) groups is 3. The maximum absolute atomic E-state index is 13.2. The van der Waals surface area contributed by atoms with Gasteiger partial charge in [-0.2, -0.15) is 0 Å². The van der Waals surface area contributed by atoms with Crippen LogP contribution >= 0.6 is 12.2 Å². The number of fused-ring (bicyclic) bond motifs is 1. The first-order valence-corrected chi connectivity index (χ1v) is 9.32. The molecule has 0 aromatic heterocycles. The Labute approximate surface area is 157 Å². The van der Waals surface area contributed by atoms with Crippen LogP contribution < -0.4 is 10.6 Å². The van der Waals surface area contributed by atoms with E-state index in [4.69, 9.17) is 12.2 Å². The molecule has 2 heterocycles. The maximum Gasteiger partial charge on any atom is 0.169 e. The molecule has 6 heteroatoms. The lowest BCUT2D eigenvalue weighted by atomic mass is 9.82. The van der Waals surface area contributed by atoms with Gasteiger partial charge in [0.15, 0.2) is 11.6 Å². The van der Waals surface area contributed by atoms with Crippen LogP contribution in [0.4, 0.5) is 0 Å². The number of hydrogen-bond donors (Lipinski definition) is 2. The van der Waals surface area contributed by atoms with Crippen LogP contribution in [-0.4, -0.2) is 47.9 Å². The summed E-state index contributed by atoms with van der Waals surface area (Å²) in [6.07, 6.45) is 3.89. The van der Waals surface area contributed by atoms with Gasteiger partial charge in [-0.1, -0.05) is 36.5 Å². The fraction of sp³-hybridized carbons (Fsp3) is 0.400. The smallest absolute Gasteiger partial charge is 0.169 e. The molecule has 2 aliphatic heterocycles. The summed E-state index contributed by atoms with van der Waals surface area (Å²) in [5.74, 6) is -1.16. The zero-order valence-electron chi connectivity index (χ0n) is 14.2. The number of carbonyl (C=O) groups excluding carboxylic acids is 3. The highest BCUT2D eigenvalue weighted by Crippen LogP contribution is 2.31. The summed E-state index contributed by atoms with van der Waals surface area (Å²) in [6.45, 7) is 1.02. The molecule has 0 radical (unpaired) electrons. The molecule has 0 saturated carbocycles. The largest absolute Gasteiger partial charge is 0.307 e. The minimum atomic E-state index is -0.632. The number of nitrogens with one attached hydrogen (secondary N) is 2. The van der Waals surface area contributed by atoms with Gasteiger partial charge in [0.2, 0.25) is 0 Å². The van der Waals surface area contributed by atoms with Gasteiger partial charge in [-0.3, -0.25) is 9.59 Å². The van der Waals surface area contributed by atoms with E-state index in [-0.39, 0.29) is 11.6 Å². The minimum Gasteiger partial charge on any atom is -0.307 e. The van der Waals surface area contributed by atoms with Crippen LogP contribution in [-0.2, 0) is 20.8 Å². The van der Waals surface area contributed by atoms with Crippen molar-refractivity contribution in [3.8, 4) is 0 Å². The van der Waals surface area contributed by atoms with Gasteiger partial charge in [-0.05, 0) is 30.2 Å². The highest BCUT2D eigenvalue weighted by molar-refractivity contribution is 7.80. The van der Waals surface area contributed by atoms with E-state index in [0.717, 1.165) is 17.4 Å². The molecule has 3 aliphatic rings. The summed E-state index contributed by atoms with van der Waals surface area (Å²) in [5, 5.41) is 6.16. The molecule has 2 unspecified atom stereocenters. The van der Waals surface area contributed by atoms with Gasteiger partial charge in [0, 0.05) is 29.3 Å². The Hall–Kier alpha value is -2.02. The third kappa shape index (κ3) is 2.88. The van der Waals surface area contributed by atoms with Gasteiger partial charge in [0.1, 0.15) is 6.29 Å². The van der Waals surface area contributed by atoms with Crippen molar-refractivity contribution in [2.24, 2.45) is 11.8 Å². The standard InChI is InChI=1S/C20H20N2O3S/c23-10-15-14(5-6-21-15)20(25)18-17(16(26)9-22-18)19(24)13-7-11-3-1-2-4-12(11)8-13/h1-4,7,10,14-15,17-18,21-22H,5-6,8-9H2/t14?,15-,17?,18+/m1/s1. The Morgan fingerprint density at radius 2 is 2.00 bits per heavy atom. The average Bonchev–Trinajstić information content (AvgIpc) is 3.37. The molecule has 0 bridgehead atoms. The summed E-state index contributed by atoms with van der Waals surface area (Å²) >= 11 is 5.42. The second-order valence-electron chi connectivity index (χ2n) is 7.13. The van der Waals surface area contributed by atoms with E-state index in [0.29, 0.717) is 36.4 Å². The number of hydrogen-bond acceptors (Lipinski definition) is 6. The molecule has 2 saturated heterocycles. The number of Topliss-reactive ketones (excluding diaryl/α,β-unsaturated/α-hetero) is 2. The van der Waals surface area contributed by atoms with Crippen LogP contribution in [0.3, 0.4) is 0 Å². The lowest BCUT2D eigenvalue weighted by Gasteiger charge is -2.22. The molecule has 26 heavy (non-hydrogen) atoms. The molecule has 0 amide bonds. The molecule has 1 aromatic rings. The first-order chi connectivity index (χ1) is 12.6. The second kappa shape index (κ2) is 6.95. The monoisotopic (exact) mass is 368 g/mol. The van der Waals surface area contributed by atoms with Crippen LogP contribution in [0.25, 0.3) is 6.08 Å². The van der Waals surface area contributed by atoms with E-state index in [9.17, 15) is 14.4 Å². The molecule has 4 atom stereocenters. The third-order valence-corrected chi connectivity index (χ3v) is 6.03. The summed E-state index contributed by atoms with van der Waals surface area (Å²) in [5.41, 5.74) is 2.88. The lowest BCUT2D eigenvalue weighted by Crippen LogP contribution is -2.46. The van der Waals surface area contributed by atoms with E-state index >= 15 is 0 Å². The van der Waals surface area contributed by atoms with Crippen molar-refractivity contribution in [1.82, 2.24) is 10.6 Å².